The van der Waals surface area contributed by atoms with Gasteiger partial charge in [-0.1, -0.05) is 20.3 Å². The number of hydrogen-bond donors (Lipinski definition) is 3. The molecule has 24 heavy (non-hydrogen) atoms. The molecule has 3 N–H and O–H groups in total. The Hall–Kier alpha value is -0.870. The van der Waals surface area contributed by atoms with Crippen LogP contribution >= 0.6 is 0 Å². The van der Waals surface area contributed by atoms with Crippen molar-refractivity contribution in [2.24, 2.45) is 34.5 Å². The van der Waals surface area contributed by atoms with E-state index in [1.807, 2.05) is 6.20 Å². The van der Waals surface area contributed by atoms with Crippen LogP contribution in [0.15, 0.2) is 6.20 Å². The Morgan fingerprint density at radius 1 is 1.08 bits per heavy atom. The predicted molar refractivity (Wildman–Crippen MR) is 91.3 cm³/mol. The van der Waals surface area contributed by atoms with E-state index in [1.165, 1.54) is 43.4 Å². The van der Waals surface area contributed by atoms with Crippen molar-refractivity contribution in [2.45, 2.75) is 71.0 Å². The van der Waals surface area contributed by atoms with Gasteiger partial charge in [0.05, 0.1) is 18.4 Å². The highest BCUT2D eigenvalue weighted by molar-refractivity contribution is 5.27. The lowest BCUT2D eigenvalue weighted by atomic mass is 9.44. The van der Waals surface area contributed by atoms with E-state index in [1.54, 1.807) is 0 Å². The Morgan fingerprint density at radius 3 is 2.75 bits per heavy atom. The Kier molecular flexibility index (Phi) is 3.11. The molecule has 132 valence electrons. The molecule has 1 heterocycles. The maximum Gasteiger partial charge on any atom is 0.0839 e. The standard InChI is InChI=1S/C20H30N2O2/c1-19-6-3-4-12(19)16-13(5-7-19)20(2)9-11-10-21-22-15(11)8-14(20)17(23)18(16)24/h10,12-14,16-18,23-24H,3-9H2,1-2H3,(H,21,22)/t12?,13?,14?,16?,17-,18-,19+,20-/m1/s1. The minimum atomic E-state index is -0.601. The minimum Gasteiger partial charge on any atom is -0.390 e. The van der Waals surface area contributed by atoms with Crippen LogP contribution in [-0.2, 0) is 12.8 Å². The van der Waals surface area contributed by atoms with Gasteiger partial charge in [-0.05, 0) is 78.6 Å². The first-order valence-electron chi connectivity index (χ1n) is 9.81. The first kappa shape index (κ1) is 15.4. The highest BCUT2D eigenvalue weighted by Gasteiger charge is 2.63. The largest absolute Gasteiger partial charge is 0.390 e. The highest BCUT2D eigenvalue weighted by atomic mass is 16.3. The Morgan fingerprint density at radius 2 is 1.92 bits per heavy atom. The van der Waals surface area contributed by atoms with Gasteiger partial charge in [0, 0.05) is 5.69 Å². The first-order chi connectivity index (χ1) is 11.4. The normalized spacial score (nSPS) is 53.0. The molecule has 4 nitrogen and oxygen atoms in total. The van der Waals surface area contributed by atoms with Gasteiger partial charge in [0.15, 0.2) is 0 Å². The van der Waals surface area contributed by atoms with Crippen LogP contribution in [-0.4, -0.2) is 32.6 Å². The molecular weight excluding hydrogens is 300 g/mol. The molecule has 4 unspecified atom stereocenters. The number of aromatic amines is 1. The van der Waals surface area contributed by atoms with Crippen LogP contribution in [0.25, 0.3) is 0 Å². The van der Waals surface area contributed by atoms with Crippen molar-refractivity contribution >= 4 is 0 Å². The molecule has 3 fully saturated rings. The van der Waals surface area contributed by atoms with Gasteiger partial charge in [0.25, 0.3) is 0 Å². The smallest absolute Gasteiger partial charge is 0.0839 e. The second kappa shape index (κ2) is 4.85. The number of hydrogen-bond acceptors (Lipinski definition) is 3. The van der Waals surface area contributed by atoms with Crippen LogP contribution in [0.1, 0.15) is 57.2 Å². The lowest BCUT2D eigenvalue weighted by Crippen LogP contribution is -2.64. The quantitative estimate of drug-likeness (QED) is 0.685. The second-order valence-electron chi connectivity index (χ2n) is 9.72. The van der Waals surface area contributed by atoms with Gasteiger partial charge >= 0.3 is 0 Å². The van der Waals surface area contributed by atoms with E-state index in [4.69, 9.17) is 0 Å². The molecule has 8 atom stereocenters. The molecule has 0 spiro atoms. The van der Waals surface area contributed by atoms with Crippen LogP contribution in [0.2, 0.25) is 0 Å². The molecule has 1 aromatic rings. The monoisotopic (exact) mass is 330 g/mol. The summed E-state index contributed by atoms with van der Waals surface area (Å²) in [5.41, 5.74) is 2.98. The Bertz CT molecular complexity index is 658. The molecule has 0 aliphatic heterocycles. The number of nitrogens with one attached hydrogen (secondary N) is 1. The molecule has 1 aromatic heterocycles. The summed E-state index contributed by atoms with van der Waals surface area (Å²) in [6.45, 7) is 4.82. The van der Waals surface area contributed by atoms with Crippen LogP contribution in [0.5, 0.6) is 0 Å². The zero-order chi connectivity index (χ0) is 16.7. The van der Waals surface area contributed by atoms with Crippen LogP contribution < -0.4 is 0 Å². The molecular formula is C20H30N2O2. The van der Waals surface area contributed by atoms with Crippen molar-refractivity contribution < 1.29 is 10.2 Å². The van der Waals surface area contributed by atoms with Gasteiger partial charge < -0.3 is 10.2 Å². The summed E-state index contributed by atoms with van der Waals surface area (Å²) >= 11 is 0. The Balaban J connectivity index is 1.58. The number of aliphatic hydroxyl groups is 2. The predicted octanol–water partition coefficient (Wildman–Crippen LogP) is 2.70. The maximum absolute atomic E-state index is 11.1. The second-order valence-corrected chi connectivity index (χ2v) is 9.72. The summed E-state index contributed by atoms with van der Waals surface area (Å²) in [5, 5.41) is 29.5. The molecule has 0 saturated heterocycles. The van der Waals surface area contributed by atoms with Gasteiger partial charge in [-0.15, -0.1) is 0 Å². The third-order valence-electron chi connectivity index (χ3n) is 8.77. The fourth-order valence-electron chi connectivity index (χ4n) is 7.47. The van der Waals surface area contributed by atoms with E-state index in [0.29, 0.717) is 17.3 Å². The van der Waals surface area contributed by atoms with Crippen molar-refractivity contribution in [3.63, 3.8) is 0 Å². The third-order valence-corrected chi connectivity index (χ3v) is 8.77. The number of aromatic nitrogens is 2. The van der Waals surface area contributed by atoms with Gasteiger partial charge in [0.1, 0.15) is 0 Å². The van der Waals surface area contributed by atoms with E-state index >= 15 is 0 Å². The highest BCUT2D eigenvalue weighted by Crippen LogP contribution is 2.65. The molecule has 4 aliphatic rings. The van der Waals surface area contributed by atoms with E-state index in [2.05, 4.69) is 24.0 Å². The average Bonchev–Trinajstić information content (AvgIpc) is 3.15. The average molecular weight is 330 g/mol. The van der Waals surface area contributed by atoms with Crippen LogP contribution in [0.4, 0.5) is 0 Å². The zero-order valence-electron chi connectivity index (χ0n) is 14.8. The first-order valence-corrected chi connectivity index (χ1v) is 9.81. The molecule has 4 heteroatoms. The molecule has 5 rings (SSSR count). The number of fused-ring (bicyclic) bond motifs is 6. The summed E-state index contributed by atoms with van der Waals surface area (Å²) in [5.74, 6) is 1.54. The molecule has 4 aliphatic carbocycles. The van der Waals surface area contributed by atoms with Crippen molar-refractivity contribution in [3.05, 3.63) is 17.5 Å². The summed E-state index contributed by atoms with van der Waals surface area (Å²) in [6, 6.07) is 0. The molecule has 0 amide bonds. The molecule has 3 saturated carbocycles. The summed E-state index contributed by atoms with van der Waals surface area (Å²) < 4.78 is 0. The van der Waals surface area contributed by atoms with Crippen LogP contribution in [0, 0.1) is 34.5 Å². The SMILES string of the molecule is C[C@@]12CCCC1C1C(CC2)[C@@]2(C)Cc3cn[nH]c3CC2[C@@H](O)[C@@H]1O. The summed E-state index contributed by atoms with van der Waals surface area (Å²) in [6.07, 6.45) is 8.98. The van der Waals surface area contributed by atoms with Crippen LogP contribution in [0.3, 0.4) is 0 Å². The van der Waals surface area contributed by atoms with E-state index in [0.717, 1.165) is 12.8 Å². The van der Waals surface area contributed by atoms with E-state index in [9.17, 15) is 10.2 Å². The fraction of sp³-hybridized carbons (Fsp3) is 0.850. The number of H-pyrrole nitrogens is 1. The van der Waals surface area contributed by atoms with Gasteiger partial charge in [-0.3, -0.25) is 5.10 Å². The van der Waals surface area contributed by atoms with Gasteiger partial charge in [0.2, 0.25) is 0 Å². The lowest BCUT2D eigenvalue weighted by Gasteiger charge is -2.62. The minimum absolute atomic E-state index is 0.0874. The van der Waals surface area contributed by atoms with Crippen molar-refractivity contribution in [1.29, 1.82) is 0 Å². The van der Waals surface area contributed by atoms with Crippen molar-refractivity contribution in [3.8, 4) is 0 Å². The summed E-state index contributed by atoms with van der Waals surface area (Å²) in [4.78, 5) is 0. The third kappa shape index (κ3) is 1.79. The lowest BCUT2D eigenvalue weighted by molar-refractivity contribution is -0.203. The number of rotatable bonds is 0. The zero-order valence-corrected chi connectivity index (χ0v) is 14.8. The maximum atomic E-state index is 11.1. The molecule has 0 radical (unpaired) electrons. The topological polar surface area (TPSA) is 69.1 Å². The molecule has 0 aromatic carbocycles. The van der Waals surface area contributed by atoms with E-state index < -0.39 is 12.2 Å². The summed E-state index contributed by atoms with van der Waals surface area (Å²) in [7, 11) is 0. The van der Waals surface area contributed by atoms with Crippen molar-refractivity contribution in [1.82, 2.24) is 10.2 Å². The van der Waals surface area contributed by atoms with Crippen molar-refractivity contribution in [2.75, 3.05) is 0 Å². The fourth-order valence-corrected chi connectivity index (χ4v) is 7.47. The Labute approximate surface area is 144 Å². The van der Waals surface area contributed by atoms with E-state index in [-0.39, 0.29) is 17.3 Å². The number of aliphatic hydroxyl groups excluding tert-OH is 2. The number of nitrogens with zero attached hydrogens (tertiary/aromatic N) is 1. The molecule has 0 bridgehead atoms. The van der Waals surface area contributed by atoms with Gasteiger partial charge in [-0.2, -0.15) is 5.10 Å². The van der Waals surface area contributed by atoms with Gasteiger partial charge in [-0.25, -0.2) is 0 Å².